The Balaban J connectivity index is 1.95. The van der Waals surface area contributed by atoms with E-state index in [1.165, 1.54) is 14.0 Å². The number of ether oxygens (including phenoxy) is 1. The smallest absolute Gasteiger partial charge is 0.412 e. The lowest BCUT2D eigenvalue weighted by Gasteiger charge is -2.10. The molecule has 2 rings (SSSR count). The van der Waals surface area contributed by atoms with Gasteiger partial charge in [0.15, 0.2) is 0 Å². The summed E-state index contributed by atoms with van der Waals surface area (Å²) in [4.78, 5) is 28.9. The van der Waals surface area contributed by atoms with Crippen LogP contribution in [-0.4, -0.2) is 24.8 Å². The Morgan fingerprint density at radius 2 is 1.96 bits per heavy atom. The first-order valence-electron chi connectivity index (χ1n) is 8.02. The molecule has 1 aromatic rings. The van der Waals surface area contributed by atoms with E-state index in [1.807, 2.05) is 36.4 Å². The Kier molecular flexibility index (Phi) is 7.23. The number of rotatable bonds is 5. The third-order valence-electron chi connectivity index (χ3n) is 3.32. The molecule has 26 heavy (non-hydrogen) atoms. The van der Waals surface area contributed by atoms with E-state index in [0.717, 1.165) is 21.2 Å². The van der Waals surface area contributed by atoms with E-state index < -0.39 is 6.09 Å². The van der Waals surface area contributed by atoms with E-state index in [0.29, 0.717) is 12.2 Å². The Labute approximate surface area is 157 Å². The highest BCUT2D eigenvalue weighted by Gasteiger charge is 2.07. The van der Waals surface area contributed by atoms with Gasteiger partial charge in [0.05, 0.1) is 7.11 Å². The standard InChI is InChI=1S/C19H21N3O3S/c1-4-18(22-19(24)25-3)21-15-7-11-17(12-8-15)26-16-9-5-14(6-10-16)20-13(2)23/h4-7,9-12H,8H2,1-3H3,(H,20,23)(H,22,24)/b18-4+,21-15?. The molecule has 0 unspecified atom stereocenters. The Hall–Kier alpha value is -2.80. The molecule has 1 aliphatic carbocycles. The fourth-order valence-corrected chi connectivity index (χ4v) is 2.95. The molecule has 2 N–H and O–H groups in total. The van der Waals surface area contributed by atoms with Crippen molar-refractivity contribution in [3.05, 3.63) is 59.3 Å². The number of nitrogens with one attached hydrogen (secondary N) is 2. The van der Waals surface area contributed by atoms with Gasteiger partial charge in [0.2, 0.25) is 5.91 Å². The molecule has 0 radical (unpaired) electrons. The van der Waals surface area contributed by atoms with Crippen LogP contribution in [0.15, 0.2) is 69.2 Å². The van der Waals surface area contributed by atoms with Gasteiger partial charge >= 0.3 is 6.09 Å². The lowest BCUT2D eigenvalue weighted by molar-refractivity contribution is -0.114. The van der Waals surface area contributed by atoms with Crippen LogP contribution in [0.1, 0.15) is 20.3 Å². The van der Waals surface area contributed by atoms with Crippen molar-refractivity contribution in [1.82, 2.24) is 5.32 Å². The van der Waals surface area contributed by atoms with Crippen molar-refractivity contribution < 1.29 is 14.3 Å². The highest BCUT2D eigenvalue weighted by atomic mass is 32.2. The number of hydrogen-bond donors (Lipinski definition) is 2. The number of hydrogen-bond acceptors (Lipinski definition) is 5. The maximum absolute atomic E-state index is 11.3. The van der Waals surface area contributed by atoms with E-state index in [2.05, 4.69) is 26.4 Å². The quantitative estimate of drug-likeness (QED) is 0.811. The minimum atomic E-state index is -0.545. The molecule has 1 aromatic carbocycles. The number of amides is 2. The number of alkyl carbamates (subject to hydrolysis) is 1. The van der Waals surface area contributed by atoms with Crippen molar-refractivity contribution in [2.75, 3.05) is 12.4 Å². The largest absolute Gasteiger partial charge is 0.453 e. The second-order valence-electron chi connectivity index (χ2n) is 5.35. The summed E-state index contributed by atoms with van der Waals surface area (Å²) in [7, 11) is 1.31. The summed E-state index contributed by atoms with van der Waals surface area (Å²) in [5.74, 6) is 0.367. The van der Waals surface area contributed by atoms with Crippen molar-refractivity contribution in [3.8, 4) is 0 Å². The van der Waals surface area contributed by atoms with Gasteiger partial charge in [0.25, 0.3) is 0 Å². The maximum atomic E-state index is 11.3. The van der Waals surface area contributed by atoms with Crippen LogP contribution >= 0.6 is 11.8 Å². The first-order valence-corrected chi connectivity index (χ1v) is 8.84. The molecule has 1 aliphatic rings. The zero-order chi connectivity index (χ0) is 18.9. The Morgan fingerprint density at radius 1 is 1.23 bits per heavy atom. The van der Waals surface area contributed by atoms with Crippen molar-refractivity contribution in [2.24, 2.45) is 4.99 Å². The van der Waals surface area contributed by atoms with Crippen molar-refractivity contribution in [3.63, 3.8) is 0 Å². The van der Waals surface area contributed by atoms with E-state index >= 15 is 0 Å². The van der Waals surface area contributed by atoms with E-state index in [-0.39, 0.29) is 5.91 Å². The fraction of sp³-hybridized carbons (Fsp3) is 0.211. The van der Waals surface area contributed by atoms with Gasteiger partial charge in [-0.1, -0.05) is 17.8 Å². The first kappa shape index (κ1) is 19.5. The molecular formula is C19H21N3O3S. The number of anilines is 1. The van der Waals surface area contributed by atoms with Crippen LogP contribution < -0.4 is 10.6 Å². The molecule has 136 valence electrons. The van der Waals surface area contributed by atoms with E-state index in [4.69, 9.17) is 0 Å². The summed E-state index contributed by atoms with van der Waals surface area (Å²) >= 11 is 1.64. The number of nitrogens with zero attached hydrogens (tertiary/aromatic N) is 1. The van der Waals surface area contributed by atoms with Crippen LogP contribution in [0.5, 0.6) is 0 Å². The third-order valence-corrected chi connectivity index (χ3v) is 4.36. The molecule has 0 saturated heterocycles. The van der Waals surface area contributed by atoms with Crippen LogP contribution in [0.3, 0.4) is 0 Å². The van der Waals surface area contributed by atoms with Crippen LogP contribution in [0.2, 0.25) is 0 Å². The SMILES string of the molecule is C/C=C(\N=C1C=CC(Sc2ccc(NC(C)=O)cc2)=CC1)NC(=O)OC. The summed E-state index contributed by atoms with van der Waals surface area (Å²) in [6.45, 7) is 3.28. The van der Waals surface area contributed by atoms with Gasteiger partial charge in [-0.05, 0) is 49.4 Å². The maximum Gasteiger partial charge on any atom is 0.412 e. The second kappa shape index (κ2) is 9.62. The highest BCUT2D eigenvalue weighted by Crippen LogP contribution is 2.30. The summed E-state index contributed by atoms with van der Waals surface area (Å²) in [5, 5.41) is 5.30. The summed E-state index contributed by atoms with van der Waals surface area (Å²) < 4.78 is 4.57. The molecule has 0 bridgehead atoms. The molecule has 0 aliphatic heterocycles. The number of carbonyl (C=O) groups is 2. The van der Waals surface area contributed by atoms with E-state index in [9.17, 15) is 9.59 Å². The van der Waals surface area contributed by atoms with Gasteiger partial charge in [0.1, 0.15) is 5.82 Å². The molecule has 0 saturated carbocycles. The fourth-order valence-electron chi connectivity index (χ4n) is 2.10. The molecule has 0 aromatic heterocycles. The number of carbonyl (C=O) groups excluding carboxylic acids is 2. The summed E-state index contributed by atoms with van der Waals surface area (Å²) in [5.41, 5.74) is 1.63. The number of allylic oxidation sites excluding steroid dienone is 4. The monoisotopic (exact) mass is 371 g/mol. The molecule has 6 nitrogen and oxygen atoms in total. The molecular weight excluding hydrogens is 350 g/mol. The number of benzene rings is 1. The summed E-state index contributed by atoms with van der Waals surface area (Å²) in [6.07, 6.45) is 7.83. The predicted octanol–water partition coefficient (Wildman–Crippen LogP) is 4.24. The van der Waals surface area contributed by atoms with Gasteiger partial charge in [-0.25, -0.2) is 9.79 Å². The second-order valence-corrected chi connectivity index (χ2v) is 6.49. The molecule has 0 fully saturated rings. The molecule has 0 heterocycles. The van der Waals surface area contributed by atoms with Crippen LogP contribution in [-0.2, 0) is 9.53 Å². The number of methoxy groups -OCH3 is 1. The molecule has 0 spiro atoms. The average molecular weight is 371 g/mol. The zero-order valence-corrected chi connectivity index (χ0v) is 15.7. The number of aliphatic imine (C=N–C) groups is 1. The molecule has 7 heteroatoms. The van der Waals surface area contributed by atoms with Crippen LogP contribution in [0.4, 0.5) is 10.5 Å². The summed E-state index contributed by atoms with van der Waals surface area (Å²) in [6, 6.07) is 7.68. The van der Waals surface area contributed by atoms with Gasteiger partial charge < -0.3 is 10.1 Å². The lowest BCUT2D eigenvalue weighted by Crippen LogP contribution is -2.22. The minimum absolute atomic E-state index is 0.0858. The topological polar surface area (TPSA) is 79.8 Å². The zero-order valence-electron chi connectivity index (χ0n) is 14.9. The minimum Gasteiger partial charge on any atom is -0.453 e. The normalized spacial score (nSPS) is 15.4. The van der Waals surface area contributed by atoms with Crippen molar-refractivity contribution in [1.29, 1.82) is 0 Å². The highest BCUT2D eigenvalue weighted by molar-refractivity contribution is 8.03. The molecule has 0 atom stereocenters. The van der Waals surface area contributed by atoms with Gasteiger partial charge in [0, 0.05) is 34.5 Å². The van der Waals surface area contributed by atoms with Crippen LogP contribution in [0.25, 0.3) is 0 Å². The van der Waals surface area contributed by atoms with Crippen molar-refractivity contribution >= 4 is 35.2 Å². The van der Waals surface area contributed by atoms with Gasteiger partial charge in [-0.2, -0.15) is 0 Å². The Morgan fingerprint density at radius 3 is 2.50 bits per heavy atom. The van der Waals surface area contributed by atoms with E-state index in [1.54, 1.807) is 24.8 Å². The van der Waals surface area contributed by atoms with Crippen LogP contribution in [0, 0.1) is 0 Å². The predicted molar refractivity (Wildman–Crippen MR) is 105 cm³/mol. The molecule has 2 amide bonds. The van der Waals surface area contributed by atoms with Gasteiger partial charge in [-0.3, -0.25) is 10.1 Å². The van der Waals surface area contributed by atoms with Crippen molar-refractivity contribution in [2.45, 2.75) is 25.2 Å². The Bertz CT molecular complexity index is 793. The number of thioether (sulfide) groups is 1. The third kappa shape index (κ3) is 6.25. The van der Waals surface area contributed by atoms with Gasteiger partial charge in [-0.15, -0.1) is 0 Å². The lowest BCUT2D eigenvalue weighted by atomic mass is 10.1. The average Bonchev–Trinajstić information content (AvgIpc) is 2.63. The first-order chi connectivity index (χ1) is 12.5.